The molecule has 0 aliphatic rings. The standard InChI is InChI=1S/C13H10BrClFNO/c14-9-2-4-13(12(17)6-9)18-7-8-1-3-10(15)11(16)5-8/h1-6H,7,17H2. The van der Waals surface area contributed by atoms with Gasteiger partial charge in [0.15, 0.2) is 0 Å². The average molecular weight is 331 g/mol. The molecule has 0 heterocycles. The van der Waals surface area contributed by atoms with Crippen LogP contribution in [-0.4, -0.2) is 0 Å². The number of ether oxygens (including phenoxy) is 1. The first-order valence-corrected chi connectivity index (χ1v) is 6.35. The predicted octanol–water partition coefficient (Wildman–Crippen LogP) is 4.40. The molecule has 0 saturated heterocycles. The van der Waals surface area contributed by atoms with Gasteiger partial charge in [0.05, 0.1) is 10.7 Å². The van der Waals surface area contributed by atoms with Crippen LogP contribution in [0.2, 0.25) is 5.02 Å². The van der Waals surface area contributed by atoms with Crippen molar-refractivity contribution >= 4 is 33.2 Å². The highest BCUT2D eigenvalue weighted by Gasteiger charge is 2.04. The van der Waals surface area contributed by atoms with E-state index in [1.807, 2.05) is 6.07 Å². The summed E-state index contributed by atoms with van der Waals surface area (Å²) in [5, 5.41) is 0.0990. The van der Waals surface area contributed by atoms with E-state index >= 15 is 0 Å². The molecule has 0 radical (unpaired) electrons. The third-order valence-corrected chi connectivity index (χ3v) is 3.15. The second-order valence-electron chi connectivity index (χ2n) is 3.72. The quantitative estimate of drug-likeness (QED) is 0.846. The zero-order valence-corrected chi connectivity index (χ0v) is 11.6. The number of hydrogen-bond donors (Lipinski definition) is 1. The number of nitrogens with two attached hydrogens (primary N) is 1. The topological polar surface area (TPSA) is 35.2 Å². The van der Waals surface area contributed by atoms with Crippen molar-refractivity contribution in [3.05, 3.63) is 57.3 Å². The zero-order valence-electron chi connectivity index (χ0n) is 9.29. The molecule has 2 aromatic carbocycles. The van der Waals surface area contributed by atoms with Gasteiger partial charge in [-0.25, -0.2) is 4.39 Å². The lowest BCUT2D eigenvalue weighted by atomic mass is 10.2. The Morgan fingerprint density at radius 2 is 2.00 bits per heavy atom. The van der Waals surface area contributed by atoms with Gasteiger partial charge in [0.25, 0.3) is 0 Å². The summed E-state index contributed by atoms with van der Waals surface area (Å²) in [6.45, 7) is 0.236. The summed E-state index contributed by atoms with van der Waals surface area (Å²) >= 11 is 8.91. The van der Waals surface area contributed by atoms with Gasteiger partial charge in [0.1, 0.15) is 18.2 Å². The van der Waals surface area contributed by atoms with E-state index in [-0.39, 0.29) is 11.6 Å². The van der Waals surface area contributed by atoms with Gasteiger partial charge >= 0.3 is 0 Å². The van der Waals surface area contributed by atoms with Crippen LogP contribution in [-0.2, 0) is 6.61 Å². The molecule has 5 heteroatoms. The van der Waals surface area contributed by atoms with E-state index in [4.69, 9.17) is 22.1 Å². The maximum atomic E-state index is 13.2. The fraction of sp³-hybridized carbons (Fsp3) is 0.0769. The third kappa shape index (κ3) is 3.15. The highest BCUT2D eigenvalue weighted by Crippen LogP contribution is 2.26. The summed E-state index contributed by atoms with van der Waals surface area (Å²) < 4.78 is 19.6. The van der Waals surface area contributed by atoms with Gasteiger partial charge in [-0.1, -0.05) is 33.6 Å². The maximum Gasteiger partial charge on any atom is 0.142 e. The molecule has 2 N–H and O–H groups in total. The minimum atomic E-state index is -0.457. The van der Waals surface area contributed by atoms with Crippen LogP contribution >= 0.6 is 27.5 Å². The molecule has 2 nitrogen and oxygen atoms in total. The van der Waals surface area contributed by atoms with Crippen LogP contribution in [0, 0.1) is 5.82 Å². The Kier molecular flexibility index (Phi) is 4.09. The van der Waals surface area contributed by atoms with E-state index in [2.05, 4.69) is 15.9 Å². The number of benzene rings is 2. The predicted molar refractivity (Wildman–Crippen MR) is 74.3 cm³/mol. The van der Waals surface area contributed by atoms with Gasteiger partial charge in [-0.15, -0.1) is 0 Å². The molecule has 0 atom stereocenters. The minimum Gasteiger partial charge on any atom is -0.487 e. The van der Waals surface area contributed by atoms with Crippen LogP contribution in [0.3, 0.4) is 0 Å². The lowest BCUT2D eigenvalue weighted by Crippen LogP contribution is -1.99. The van der Waals surface area contributed by atoms with Crippen molar-refractivity contribution in [3.63, 3.8) is 0 Å². The third-order valence-electron chi connectivity index (χ3n) is 2.35. The molecule has 0 bridgehead atoms. The first-order valence-electron chi connectivity index (χ1n) is 5.18. The van der Waals surface area contributed by atoms with E-state index in [0.717, 1.165) is 4.47 Å². The van der Waals surface area contributed by atoms with Crippen LogP contribution in [0.15, 0.2) is 40.9 Å². The fourth-order valence-electron chi connectivity index (χ4n) is 1.44. The summed E-state index contributed by atoms with van der Waals surface area (Å²) in [5.41, 5.74) is 7.01. The number of rotatable bonds is 3. The summed E-state index contributed by atoms with van der Waals surface area (Å²) in [6, 6.07) is 9.88. The first kappa shape index (κ1) is 13.2. The minimum absolute atomic E-state index is 0.0990. The monoisotopic (exact) mass is 329 g/mol. The molecule has 0 aliphatic carbocycles. The van der Waals surface area contributed by atoms with Gasteiger partial charge in [-0.2, -0.15) is 0 Å². The average Bonchev–Trinajstić information content (AvgIpc) is 2.32. The highest BCUT2D eigenvalue weighted by molar-refractivity contribution is 9.10. The first-order chi connectivity index (χ1) is 8.56. The van der Waals surface area contributed by atoms with Crippen molar-refractivity contribution in [2.75, 3.05) is 5.73 Å². The molecule has 0 aromatic heterocycles. The summed E-state index contributed by atoms with van der Waals surface area (Å²) in [4.78, 5) is 0. The van der Waals surface area contributed by atoms with Crippen molar-refractivity contribution < 1.29 is 9.13 Å². The van der Waals surface area contributed by atoms with Crippen LogP contribution < -0.4 is 10.5 Å². The molecule has 2 aromatic rings. The molecule has 0 saturated carbocycles. The van der Waals surface area contributed by atoms with Crippen molar-refractivity contribution in [2.45, 2.75) is 6.61 Å². The summed E-state index contributed by atoms with van der Waals surface area (Å²) in [7, 11) is 0. The Balaban J connectivity index is 2.09. The Hall–Kier alpha value is -1.26. The maximum absolute atomic E-state index is 13.2. The van der Waals surface area contributed by atoms with E-state index in [0.29, 0.717) is 17.0 Å². The number of nitrogen functional groups attached to an aromatic ring is 1. The molecule has 0 fully saturated rings. The Labute approximate surface area is 118 Å². The van der Waals surface area contributed by atoms with Crippen molar-refractivity contribution in [1.82, 2.24) is 0 Å². The molecule has 0 unspecified atom stereocenters. The smallest absolute Gasteiger partial charge is 0.142 e. The molecule has 0 aliphatic heterocycles. The van der Waals surface area contributed by atoms with Crippen LogP contribution in [0.25, 0.3) is 0 Å². The molecule has 0 amide bonds. The van der Waals surface area contributed by atoms with Gasteiger partial charge in [0.2, 0.25) is 0 Å². The molecule has 0 spiro atoms. The highest BCUT2D eigenvalue weighted by atomic mass is 79.9. The molecular formula is C13H10BrClFNO. The Morgan fingerprint density at radius 3 is 2.67 bits per heavy atom. The fourth-order valence-corrected chi connectivity index (χ4v) is 1.94. The molecule has 2 rings (SSSR count). The molecule has 18 heavy (non-hydrogen) atoms. The second-order valence-corrected chi connectivity index (χ2v) is 5.04. The lowest BCUT2D eigenvalue weighted by Gasteiger charge is -2.09. The van der Waals surface area contributed by atoms with Crippen LogP contribution in [0.4, 0.5) is 10.1 Å². The van der Waals surface area contributed by atoms with Gasteiger partial charge < -0.3 is 10.5 Å². The summed E-state index contributed by atoms with van der Waals surface area (Å²) in [6.07, 6.45) is 0. The Bertz CT molecular complexity index is 577. The van der Waals surface area contributed by atoms with E-state index in [1.54, 1.807) is 18.2 Å². The van der Waals surface area contributed by atoms with E-state index < -0.39 is 5.82 Å². The van der Waals surface area contributed by atoms with Crippen molar-refractivity contribution in [1.29, 1.82) is 0 Å². The number of anilines is 1. The lowest BCUT2D eigenvalue weighted by molar-refractivity contribution is 0.307. The number of halogens is 3. The van der Waals surface area contributed by atoms with E-state index in [1.165, 1.54) is 12.1 Å². The molecular weight excluding hydrogens is 321 g/mol. The zero-order chi connectivity index (χ0) is 13.1. The van der Waals surface area contributed by atoms with E-state index in [9.17, 15) is 4.39 Å². The molecule has 94 valence electrons. The van der Waals surface area contributed by atoms with Gasteiger partial charge in [-0.3, -0.25) is 0 Å². The van der Waals surface area contributed by atoms with Crippen LogP contribution in [0.1, 0.15) is 5.56 Å². The number of hydrogen-bond acceptors (Lipinski definition) is 2. The second kappa shape index (κ2) is 5.59. The van der Waals surface area contributed by atoms with Crippen LogP contribution in [0.5, 0.6) is 5.75 Å². The van der Waals surface area contributed by atoms with Crippen molar-refractivity contribution in [3.8, 4) is 5.75 Å². The SMILES string of the molecule is Nc1cc(Br)ccc1OCc1ccc(Cl)c(F)c1. The largest absolute Gasteiger partial charge is 0.487 e. The van der Waals surface area contributed by atoms with Crippen molar-refractivity contribution in [2.24, 2.45) is 0 Å². The summed E-state index contributed by atoms with van der Waals surface area (Å²) in [5.74, 6) is 0.107. The van der Waals surface area contributed by atoms with Gasteiger partial charge in [0, 0.05) is 4.47 Å². The normalized spacial score (nSPS) is 10.4. The van der Waals surface area contributed by atoms with Gasteiger partial charge in [-0.05, 0) is 35.9 Å². The Morgan fingerprint density at radius 1 is 1.22 bits per heavy atom.